The number of aliphatic hydroxyl groups excluding tert-OH is 1. The summed E-state index contributed by atoms with van der Waals surface area (Å²) < 4.78 is 44.8. The molecule has 28 heteroatoms. The summed E-state index contributed by atoms with van der Waals surface area (Å²) >= 11 is 0. The number of guanidine groups is 1. The number of fused-ring (bicyclic) bond motifs is 2. The third kappa shape index (κ3) is 29.7. The molecule has 0 aliphatic carbocycles. The van der Waals surface area contributed by atoms with Crippen molar-refractivity contribution in [2.75, 3.05) is 152 Å². The number of carbonyl (C=O) groups is 1. The standard InChI is InChI=1S/C17H27N5O.C15H24N4.C12H19N3.C10H18F3N.C10H19N5.C10H21N3.C10H19NO2.CH4/c1-4-14(9-23)22-11-20-15-16(18-10-19-17(15)22)21-7-5-13(6-8-21)12(2)3;1-11(2)12-4-7-19(10-12)15-16-8-13-9-18(3)6-5-14(13)17-15;1-10(2)11-5-8-15(9-6-11)12-4-3-7-13-14-12;1-8(2)9-3-5-14(6-4-9)7-10(11,12)13;1-8(2)9-4-6-15(7-5-9)10-11-12-13-14(10)3;1-8(2)9-4-6-13(7-5-9)10(11)12-3;1-4-13-10(12)11-6-5-9(7-11)8(2)3;/h10-14,23H,4-9H2,1-3H3;8,11-12H,4-7,9-10H2,1-3H3;3-4,7,10-11H,5-6,8-9H2,1-2H3;8-9H,3-7H2,1-2H3;8-9H,4-7H2,1-3H3;8-9H,4-7H2,1-3H3,(H2,11,12);8-9H,4-7H2,1-3H3;1H4. The van der Waals surface area contributed by atoms with Gasteiger partial charge in [-0.2, -0.15) is 18.3 Å². The number of rotatable bonds is 16. The maximum atomic E-state index is 12.1. The minimum absolute atomic E-state index is 0. The Bertz CT molecular complexity index is 3460. The SMILES string of the molecule is C.CC(C)C1CCN(CC(F)(F)F)CC1.CC(C)C1CCN(c2cccnn2)CC1.CC(C)C1CCN(c2ncc3c(n2)CCN(C)C3)C1.CC(C)C1CCN(c2nnnn2C)CC1.CCC(CO)n1cnc2c(N3CCC(C(C)C)CC3)ncnc21.CCOC(=O)N1CCC(C(C)C)C1.CN=C(N)N1CCC(C(C)C)CC1. The Kier molecular flexibility index (Phi) is 39.9. The fourth-order valence-corrected chi connectivity index (χ4v) is 16.8. The summed E-state index contributed by atoms with van der Waals surface area (Å²) in [4.78, 5) is 55.3. The van der Waals surface area contributed by atoms with Gasteiger partial charge in [0.25, 0.3) is 0 Å². The lowest BCUT2D eigenvalue weighted by molar-refractivity contribution is -0.149. The molecule has 7 fully saturated rings. The molecule has 1 amide bonds. The number of ether oxygens (including phenoxy) is 1. The third-order valence-electron chi connectivity index (χ3n) is 25.2. The first-order chi connectivity index (χ1) is 53.4. The highest BCUT2D eigenvalue weighted by Gasteiger charge is 2.35. The number of halogens is 3. The zero-order valence-electron chi connectivity index (χ0n) is 72.3. The number of aromatic nitrogens is 12. The number of aliphatic hydroxyl groups is 1. The van der Waals surface area contributed by atoms with Crippen molar-refractivity contribution in [3.63, 3.8) is 0 Å². The summed E-state index contributed by atoms with van der Waals surface area (Å²) in [6.07, 6.45) is 19.1. The van der Waals surface area contributed by atoms with Crippen LogP contribution < -0.4 is 25.3 Å². The smallest absolute Gasteiger partial charge is 0.409 e. The first-order valence-corrected chi connectivity index (χ1v) is 42.9. The molecule has 13 heterocycles. The number of alkyl halides is 3. The fraction of sp³-hybridized carbons (Fsp3) is 0.812. The number of imidazole rings is 1. The van der Waals surface area contributed by atoms with Gasteiger partial charge in [0.2, 0.25) is 11.9 Å². The van der Waals surface area contributed by atoms with Gasteiger partial charge in [-0.1, -0.05) is 116 Å². The van der Waals surface area contributed by atoms with E-state index in [0.717, 1.165) is 218 Å². The van der Waals surface area contributed by atoms with Crippen LogP contribution in [0.5, 0.6) is 0 Å². The number of aryl methyl sites for hydroxylation is 1. The number of hydrogen-bond donors (Lipinski definition) is 2. The van der Waals surface area contributed by atoms with E-state index < -0.39 is 12.7 Å². The first kappa shape index (κ1) is 95.0. The molecule has 0 bridgehead atoms. The molecule has 25 nitrogen and oxygen atoms in total. The Morgan fingerprint density at radius 2 is 1.11 bits per heavy atom. The molecule has 3 N–H and O–H groups in total. The van der Waals surface area contributed by atoms with Gasteiger partial charge in [0.15, 0.2) is 28.8 Å². The van der Waals surface area contributed by atoms with E-state index in [4.69, 9.17) is 15.5 Å². The molecule has 3 atom stereocenters. The van der Waals surface area contributed by atoms with E-state index in [9.17, 15) is 23.1 Å². The normalized spacial score (nSPS) is 20.4. The minimum Gasteiger partial charge on any atom is -0.450 e. The number of hydrogen-bond acceptors (Lipinski definition) is 20. The van der Waals surface area contributed by atoms with E-state index in [1.165, 1.54) is 73.9 Å². The number of nitrogens with zero attached hydrogens (tertiary/aromatic N) is 21. The number of anilines is 4. The molecule has 8 aliphatic heterocycles. The Balaban J connectivity index is 0.000000207. The highest BCUT2D eigenvalue weighted by Crippen LogP contribution is 2.34. The van der Waals surface area contributed by atoms with Crippen molar-refractivity contribution in [3.05, 3.63) is 48.4 Å². The molecule has 0 radical (unpaired) electrons. The Labute approximate surface area is 678 Å². The lowest BCUT2D eigenvalue weighted by Gasteiger charge is -2.34. The van der Waals surface area contributed by atoms with Crippen molar-refractivity contribution in [1.82, 2.24) is 79.5 Å². The molecule has 3 unspecified atom stereocenters. The number of piperidine rings is 5. The second kappa shape index (κ2) is 47.4. The topological polar surface area (TPSA) is 250 Å². The number of likely N-dealkylation sites (tertiary alicyclic amines) is 3. The summed E-state index contributed by atoms with van der Waals surface area (Å²) in [7, 11) is 5.80. The van der Waals surface area contributed by atoms with E-state index in [1.54, 1.807) is 30.6 Å². The third-order valence-corrected chi connectivity index (χ3v) is 25.2. The van der Waals surface area contributed by atoms with Crippen molar-refractivity contribution < 1.29 is 27.8 Å². The van der Waals surface area contributed by atoms with Gasteiger partial charge in [0.05, 0.1) is 37.8 Å². The van der Waals surface area contributed by atoms with Gasteiger partial charge < -0.3 is 54.4 Å². The van der Waals surface area contributed by atoms with Crippen molar-refractivity contribution in [3.8, 4) is 0 Å². The predicted octanol–water partition coefficient (Wildman–Crippen LogP) is 15.0. The van der Waals surface area contributed by atoms with Crippen LogP contribution in [0.1, 0.15) is 219 Å². The van der Waals surface area contributed by atoms with Crippen LogP contribution in [-0.4, -0.2) is 235 Å². The summed E-state index contributed by atoms with van der Waals surface area (Å²) in [5, 5.41) is 29.2. The van der Waals surface area contributed by atoms with Crippen LogP contribution >= 0.6 is 0 Å². The number of tetrazole rings is 1. The largest absolute Gasteiger partial charge is 0.450 e. The number of nitrogens with two attached hydrogens (primary N) is 1. The van der Waals surface area contributed by atoms with Gasteiger partial charge in [0, 0.05) is 130 Å². The van der Waals surface area contributed by atoms with Crippen LogP contribution in [0.15, 0.2) is 42.2 Å². The summed E-state index contributed by atoms with van der Waals surface area (Å²) in [6.45, 7) is 51.4. The molecule has 0 aromatic carbocycles. The monoisotopic (exact) mass is 1590 g/mol. The molecule has 113 heavy (non-hydrogen) atoms. The van der Waals surface area contributed by atoms with Gasteiger partial charge in [-0.05, 0) is 216 Å². The number of carbonyl (C=O) groups excluding carboxylic acids is 1. The summed E-state index contributed by atoms with van der Waals surface area (Å²) in [6, 6.07) is 4.02. The van der Waals surface area contributed by atoms with Crippen molar-refractivity contribution in [1.29, 1.82) is 0 Å². The van der Waals surface area contributed by atoms with Crippen molar-refractivity contribution in [2.24, 2.45) is 101 Å². The van der Waals surface area contributed by atoms with Gasteiger partial charge in [-0.3, -0.25) is 9.89 Å². The maximum Gasteiger partial charge on any atom is 0.409 e. The molecule has 640 valence electrons. The highest BCUT2D eigenvalue weighted by molar-refractivity contribution is 5.83. The molecule has 13 rings (SSSR count). The van der Waals surface area contributed by atoms with Crippen LogP contribution in [-0.2, 0) is 24.8 Å². The second-order valence-corrected chi connectivity index (χ2v) is 35.1. The average Bonchev–Trinajstić information content (AvgIpc) is 1.65. The van der Waals surface area contributed by atoms with Crippen molar-refractivity contribution >= 4 is 46.7 Å². The second-order valence-electron chi connectivity index (χ2n) is 35.1. The molecular formula is C85H151F3N22O3. The minimum atomic E-state index is -4.04. The van der Waals surface area contributed by atoms with E-state index in [-0.39, 0.29) is 26.2 Å². The molecule has 5 aromatic heterocycles. The highest BCUT2D eigenvalue weighted by atomic mass is 19.4. The Morgan fingerprint density at radius 1 is 0.611 bits per heavy atom. The van der Waals surface area contributed by atoms with E-state index in [2.05, 4.69) is 191 Å². The predicted molar refractivity (Wildman–Crippen MR) is 454 cm³/mol. The zero-order chi connectivity index (χ0) is 81.8. The molecule has 0 saturated carbocycles. The molecule has 8 aliphatic rings. The van der Waals surface area contributed by atoms with Gasteiger partial charge in [-0.15, -0.1) is 5.10 Å². The maximum absolute atomic E-state index is 12.1. The molecule has 5 aromatic rings. The summed E-state index contributed by atoms with van der Waals surface area (Å²) in [5.74, 6) is 15.2. The van der Waals surface area contributed by atoms with Crippen molar-refractivity contribution in [2.45, 2.75) is 227 Å². The van der Waals surface area contributed by atoms with Crippen LogP contribution in [0.3, 0.4) is 0 Å². The fourth-order valence-electron chi connectivity index (χ4n) is 16.8. The molecule has 0 spiro atoms. The van der Waals surface area contributed by atoms with Crippen LogP contribution in [0.2, 0.25) is 0 Å². The van der Waals surface area contributed by atoms with Crippen LogP contribution in [0, 0.1) is 82.9 Å². The van der Waals surface area contributed by atoms with E-state index in [0.29, 0.717) is 49.3 Å². The lowest BCUT2D eigenvalue weighted by atomic mass is 9.87. The van der Waals surface area contributed by atoms with Gasteiger partial charge in [-0.25, -0.2) is 34.4 Å². The van der Waals surface area contributed by atoms with Gasteiger partial charge >= 0.3 is 12.3 Å². The number of aliphatic imine (C=N–C) groups is 1. The first-order valence-electron chi connectivity index (χ1n) is 42.9. The Morgan fingerprint density at radius 3 is 1.58 bits per heavy atom. The average molecular weight is 1590 g/mol. The van der Waals surface area contributed by atoms with Crippen LogP contribution in [0.4, 0.5) is 41.5 Å². The van der Waals surface area contributed by atoms with E-state index >= 15 is 0 Å². The molecular weight excluding hydrogens is 1430 g/mol. The summed E-state index contributed by atoms with van der Waals surface area (Å²) in [5.41, 5.74) is 9.98. The number of amides is 1. The zero-order valence-corrected chi connectivity index (χ0v) is 72.3. The molecule has 7 saturated heterocycles. The van der Waals surface area contributed by atoms with Gasteiger partial charge in [0.1, 0.15) is 6.33 Å². The lowest BCUT2D eigenvalue weighted by Crippen LogP contribution is -2.43. The van der Waals surface area contributed by atoms with Crippen LogP contribution in [0.25, 0.3) is 11.2 Å². The number of likely N-dealkylation sites (N-methyl/N-ethyl adjacent to an activating group) is 1. The van der Waals surface area contributed by atoms with E-state index in [1.807, 2.05) is 41.8 Å². The Hall–Kier alpha value is -6.81. The quantitative estimate of drug-likeness (QED) is 0.0688.